The molecule has 1 rings (SSSR count). The van der Waals surface area contributed by atoms with Gasteiger partial charge in [0.15, 0.2) is 0 Å². The number of ether oxygens (including phenoxy) is 1. The molecule has 1 unspecified atom stereocenters. The Kier molecular flexibility index (Phi) is 8.86. The van der Waals surface area contributed by atoms with E-state index in [2.05, 4.69) is 19.2 Å². The van der Waals surface area contributed by atoms with Gasteiger partial charge in [0.25, 0.3) is 0 Å². The van der Waals surface area contributed by atoms with Crippen LogP contribution in [0.1, 0.15) is 32.3 Å². The van der Waals surface area contributed by atoms with Gasteiger partial charge in [-0.2, -0.15) is 0 Å². The monoisotopic (exact) mass is 299 g/mol. The van der Waals surface area contributed by atoms with Crippen molar-refractivity contribution in [2.24, 2.45) is 5.92 Å². The van der Waals surface area contributed by atoms with Gasteiger partial charge in [0.05, 0.1) is 19.3 Å². The Balaban J connectivity index is 2.05. The van der Waals surface area contributed by atoms with Crippen molar-refractivity contribution in [1.29, 1.82) is 0 Å². The fourth-order valence-electron chi connectivity index (χ4n) is 1.88. The molecule has 3 nitrogen and oxygen atoms in total. The zero-order valence-electron chi connectivity index (χ0n) is 12.4. The minimum atomic E-state index is -0.475. The van der Waals surface area contributed by atoms with Crippen LogP contribution in [0.2, 0.25) is 5.02 Å². The zero-order chi connectivity index (χ0) is 14.8. The normalized spacial score (nSPS) is 12.8. The van der Waals surface area contributed by atoms with E-state index in [9.17, 15) is 5.11 Å². The molecule has 0 aliphatic rings. The van der Waals surface area contributed by atoms with Crippen LogP contribution in [0.15, 0.2) is 24.3 Å². The van der Waals surface area contributed by atoms with E-state index in [1.165, 1.54) is 6.42 Å². The molecule has 0 aliphatic heterocycles. The molecule has 0 spiro atoms. The number of nitrogens with one attached hydrogen (secondary N) is 1. The third-order valence-electron chi connectivity index (χ3n) is 3.04. The highest BCUT2D eigenvalue weighted by Gasteiger charge is 2.05. The predicted molar refractivity (Wildman–Crippen MR) is 84.1 cm³/mol. The van der Waals surface area contributed by atoms with Crippen LogP contribution in [0.5, 0.6) is 0 Å². The summed E-state index contributed by atoms with van der Waals surface area (Å²) >= 11 is 6.03. The van der Waals surface area contributed by atoms with E-state index >= 15 is 0 Å². The molecule has 114 valence electrons. The van der Waals surface area contributed by atoms with Gasteiger partial charge in [-0.15, -0.1) is 0 Å². The van der Waals surface area contributed by atoms with Gasteiger partial charge in [-0.1, -0.05) is 43.6 Å². The Hall–Kier alpha value is -0.610. The minimum absolute atomic E-state index is 0.322. The Bertz CT molecular complexity index is 371. The first-order valence-electron chi connectivity index (χ1n) is 7.29. The van der Waals surface area contributed by atoms with Crippen LogP contribution >= 0.6 is 11.6 Å². The van der Waals surface area contributed by atoms with E-state index in [-0.39, 0.29) is 0 Å². The summed E-state index contributed by atoms with van der Waals surface area (Å²) in [5.41, 5.74) is 0.950. The van der Waals surface area contributed by atoms with Crippen LogP contribution in [0.4, 0.5) is 0 Å². The molecule has 0 aromatic heterocycles. The SMILES string of the molecule is CC(C)CCCNCC(O)COCc1ccccc1Cl. The fraction of sp³-hybridized carbons (Fsp3) is 0.625. The third kappa shape index (κ3) is 7.85. The van der Waals surface area contributed by atoms with E-state index in [4.69, 9.17) is 16.3 Å². The molecule has 0 radical (unpaired) electrons. The summed E-state index contributed by atoms with van der Waals surface area (Å²) in [5.74, 6) is 0.737. The van der Waals surface area contributed by atoms with Crippen LogP contribution in [0.25, 0.3) is 0 Å². The summed E-state index contributed by atoms with van der Waals surface area (Å²) in [5, 5.41) is 13.7. The van der Waals surface area contributed by atoms with E-state index in [1.54, 1.807) is 0 Å². The second-order valence-corrected chi connectivity index (χ2v) is 5.91. The second kappa shape index (κ2) is 10.2. The predicted octanol–water partition coefficient (Wildman–Crippen LogP) is 3.24. The molecular weight excluding hydrogens is 274 g/mol. The van der Waals surface area contributed by atoms with Crippen molar-refractivity contribution < 1.29 is 9.84 Å². The van der Waals surface area contributed by atoms with Gasteiger partial charge in [-0.05, 0) is 36.9 Å². The van der Waals surface area contributed by atoms with Gasteiger partial charge in [0.2, 0.25) is 0 Å². The number of hydrogen-bond acceptors (Lipinski definition) is 3. The van der Waals surface area contributed by atoms with Gasteiger partial charge in [0, 0.05) is 11.6 Å². The molecule has 0 fully saturated rings. The van der Waals surface area contributed by atoms with Crippen LogP contribution in [0.3, 0.4) is 0 Å². The maximum absolute atomic E-state index is 9.78. The molecule has 1 aromatic rings. The standard InChI is InChI=1S/C16H26ClNO2/c1-13(2)6-5-9-18-10-15(19)12-20-11-14-7-3-4-8-16(14)17/h3-4,7-8,13,15,18-19H,5-6,9-12H2,1-2H3. The molecular formula is C16H26ClNO2. The van der Waals surface area contributed by atoms with E-state index in [1.807, 2.05) is 24.3 Å². The van der Waals surface area contributed by atoms with E-state index in [0.29, 0.717) is 24.8 Å². The number of benzene rings is 1. The topological polar surface area (TPSA) is 41.5 Å². The summed E-state index contributed by atoms with van der Waals surface area (Å²) in [4.78, 5) is 0. The number of aliphatic hydroxyl groups is 1. The lowest BCUT2D eigenvalue weighted by Crippen LogP contribution is -2.31. The van der Waals surface area contributed by atoms with Gasteiger partial charge in [-0.3, -0.25) is 0 Å². The maximum Gasteiger partial charge on any atom is 0.0897 e. The first kappa shape index (κ1) is 17.4. The Morgan fingerprint density at radius 1 is 1.30 bits per heavy atom. The summed E-state index contributed by atoms with van der Waals surface area (Å²) in [6.45, 7) is 6.71. The lowest BCUT2D eigenvalue weighted by atomic mass is 10.1. The van der Waals surface area contributed by atoms with Gasteiger partial charge in [-0.25, -0.2) is 0 Å². The van der Waals surface area contributed by atoms with E-state index in [0.717, 1.165) is 24.4 Å². The summed E-state index contributed by atoms with van der Waals surface area (Å²) in [6, 6.07) is 7.59. The van der Waals surface area contributed by atoms with Crippen molar-refractivity contribution in [3.05, 3.63) is 34.9 Å². The van der Waals surface area contributed by atoms with Crippen LogP contribution in [-0.2, 0) is 11.3 Å². The van der Waals surface area contributed by atoms with Crippen LogP contribution in [-0.4, -0.2) is 30.9 Å². The molecule has 1 atom stereocenters. The number of hydrogen-bond donors (Lipinski definition) is 2. The average molecular weight is 300 g/mol. The smallest absolute Gasteiger partial charge is 0.0897 e. The van der Waals surface area contributed by atoms with Crippen molar-refractivity contribution in [2.75, 3.05) is 19.7 Å². The molecule has 1 aromatic carbocycles. The highest BCUT2D eigenvalue weighted by molar-refractivity contribution is 6.31. The van der Waals surface area contributed by atoms with Crippen molar-refractivity contribution in [3.63, 3.8) is 0 Å². The van der Waals surface area contributed by atoms with Gasteiger partial charge < -0.3 is 15.2 Å². The quantitative estimate of drug-likeness (QED) is 0.652. The van der Waals surface area contributed by atoms with Crippen molar-refractivity contribution in [2.45, 2.75) is 39.4 Å². The number of halogens is 1. The first-order valence-corrected chi connectivity index (χ1v) is 7.67. The van der Waals surface area contributed by atoms with Crippen LogP contribution in [0, 0.1) is 5.92 Å². The summed E-state index contributed by atoms with van der Waals surface area (Å²) in [7, 11) is 0. The molecule has 0 saturated heterocycles. The largest absolute Gasteiger partial charge is 0.389 e. The Morgan fingerprint density at radius 3 is 2.75 bits per heavy atom. The molecule has 0 heterocycles. The molecule has 20 heavy (non-hydrogen) atoms. The fourth-order valence-corrected chi connectivity index (χ4v) is 2.07. The highest BCUT2D eigenvalue weighted by atomic mass is 35.5. The minimum Gasteiger partial charge on any atom is -0.389 e. The maximum atomic E-state index is 9.78. The zero-order valence-corrected chi connectivity index (χ0v) is 13.2. The summed E-state index contributed by atoms with van der Waals surface area (Å²) < 4.78 is 5.48. The second-order valence-electron chi connectivity index (χ2n) is 5.50. The molecule has 4 heteroatoms. The molecule has 0 aliphatic carbocycles. The van der Waals surface area contributed by atoms with Crippen molar-refractivity contribution in [1.82, 2.24) is 5.32 Å². The van der Waals surface area contributed by atoms with Crippen LogP contribution < -0.4 is 5.32 Å². The Labute approximate surface area is 127 Å². The highest BCUT2D eigenvalue weighted by Crippen LogP contribution is 2.15. The lowest BCUT2D eigenvalue weighted by Gasteiger charge is -2.13. The van der Waals surface area contributed by atoms with Crippen molar-refractivity contribution in [3.8, 4) is 0 Å². The van der Waals surface area contributed by atoms with Crippen molar-refractivity contribution >= 4 is 11.6 Å². The number of rotatable bonds is 10. The molecule has 2 N–H and O–H groups in total. The van der Waals surface area contributed by atoms with E-state index < -0.39 is 6.10 Å². The first-order chi connectivity index (χ1) is 9.59. The molecule has 0 saturated carbocycles. The molecule has 0 bridgehead atoms. The number of aliphatic hydroxyl groups excluding tert-OH is 1. The molecule has 0 amide bonds. The third-order valence-corrected chi connectivity index (χ3v) is 3.41. The summed E-state index contributed by atoms with van der Waals surface area (Å²) in [6.07, 6.45) is 1.88. The average Bonchev–Trinajstić information content (AvgIpc) is 2.40. The lowest BCUT2D eigenvalue weighted by molar-refractivity contribution is 0.0289. The Morgan fingerprint density at radius 2 is 2.05 bits per heavy atom. The van der Waals surface area contributed by atoms with Gasteiger partial charge >= 0.3 is 0 Å². The van der Waals surface area contributed by atoms with Gasteiger partial charge in [0.1, 0.15) is 0 Å².